The Morgan fingerprint density at radius 1 is 1.38 bits per heavy atom. The lowest BCUT2D eigenvalue weighted by atomic mass is 9.81. The minimum Gasteiger partial charge on any atom is -0.398 e. The quantitative estimate of drug-likeness (QED) is 0.774. The molecule has 6 heteroatoms. The van der Waals surface area contributed by atoms with Crippen molar-refractivity contribution in [3.8, 4) is 0 Å². The summed E-state index contributed by atoms with van der Waals surface area (Å²) in [6.07, 6.45) is 5.92. The fourth-order valence-corrected chi connectivity index (χ4v) is 4.32. The van der Waals surface area contributed by atoms with Crippen molar-refractivity contribution in [2.45, 2.75) is 43.9 Å². The lowest BCUT2D eigenvalue weighted by Gasteiger charge is -2.26. The second-order valence-corrected chi connectivity index (χ2v) is 8.63. The topological polar surface area (TPSA) is 72.2 Å². The highest BCUT2D eigenvalue weighted by Gasteiger charge is 2.20. The zero-order valence-electron chi connectivity index (χ0n) is 12.3. The number of hydrogen-bond donors (Lipinski definition) is 2. The molecule has 0 amide bonds. The van der Waals surface area contributed by atoms with Crippen LogP contribution in [0.4, 0.5) is 5.69 Å². The summed E-state index contributed by atoms with van der Waals surface area (Å²) in [5.41, 5.74) is 6.17. The summed E-state index contributed by atoms with van der Waals surface area (Å²) < 4.78 is 27.8. The fraction of sp³-hybridized carbons (Fsp3) is 0.600. The van der Waals surface area contributed by atoms with Crippen LogP contribution in [0.15, 0.2) is 27.6 Å². The second-order valence-electron chi connectivity index (χ2n) is 6.01. The molecule has 1 aromatic carbocycles. The van der Waals surface area contributed by atoms with Gasteiger partial charge >= 0.3 is 0 Å². The van der Waals surface area contributed by atoms with E-state index in [9.17, 15) is 8.42 Å². The first-order valence-electron chi connectivity index (χ1n) is 7.43. The van der Waals surface area contributed by atoms with Crippen LogP contribution in [0, 0.1) is 11.8 Å². The minimum atomic E-state index is -3.46. The van der Waals surface area contributed by atoms with Gasteiger partial charge in [-0.25, -0.2) is 13.1 Å². The molecule has 118 valence electrons. The SMILES string of the molecule is CC1CCCC(CCNS(=O)(=O)c2ccc(Br)c(N)c2)C1. The van der Waals surface area contributed by atoms with Crippen LogP contribution in [0.25, 0.3) is 0 Å². The number of nitrogens with two attached hydrogens (primary N) is 1. The third kappa shape index (κ3) is 4.69. The Labute approximate surface area is 135 Å². The molecule has 0 bridgehead atoms. The fourth-order valence-electron chi connectivity index (χ4n) is 2.99. The maximum absolute atomic E-state index is 12.2. The van der Waals surface area contributed by atoms with E-state index < -0.39 is 10.0 Å². The van der Waals surface area contributed by atoms with Crippen molar-refractivity contribution in [2.75, 3.05) is 12.3 Å². The van der Waals surface area contributed by atoms with Gasteiger partial charge in [-0.2, -0.15) is 0 Å². The second kappa shape index (κ2) is 7.11. The molecule has 1 aliphatic rings. The van der Waals surface area contributed by atoms with Crippen LogP contribution >= 0.6 is 15.9 Å². The van der Waals surface area contributed by atoms with E-state index in [1.807, 2.05) is 0 Å². The summed E-state index contributed by atoms with van der Waals surface area (Å²) in [5.74, 6) is 1.41. The van der Waals surface area contributed by atoms with Gasteiger partial charge in [0.05, 0.1) is 4.90 Å². The van der Waals surface area contributed by atoms with Gasteiger partial charge < -0.3 is 5.73 Å². The molecule has 21 heavy (non-hydrogen) atoms. The first-order chi connectivity index (χ1) is 9.88. The lowest BCUT2D eigenvalue weighted by Crippen LogP contribution is -2.27. The van der Waals surface area contributed by atoms with E-state index in [0.29, 0.717) is 22.6 Å². The largest absolute Gasteiger partial charge is 0.398 e. The Morgan fingerprint density at radius 2 is 2.14 bits per heavy atom. The third-order valence-electron chi connectivity index (χ3n) is 4.17. The van der Waals surface area contributed by atoms with Gasteiger partial charge in [0.25, 0.3) is 0 Å². The Morgan fingerprint density at radius 3 is 2.81 bits per heavy atom. The number of nitrogens with one attached hydrogen (secondary N) is 1. The molecule has 0 radical (unpaired) electrons. The van der Waals surface area contributed by atoms with Crippen LogP contribution in [-0.2, 0) is 10.0 Å². The van der Waals surface area contributed by atoms with Crippen molar-refractivity contribution in [1.29, 1.82) is 0 Å². The molecule has 3 N–H and O–H groups in total. The van der Waals surface area contributed by atoms with Crippen molar-refractivity contribution in [2.24, 2.45) is 11.8 Å². The molecule has 0 aromatic heterocycles. The predicted octanol–water partition coefficient (Wildman–Crippen LogP) is 3.53. The summed E-state index contributed by atoms with van der Waals surface area (Å²) in [6, 6.07) is 4.70. The number of anilines is 1. The number of benzene rings is 1. The Kier molecular flexibility index (Phi) is 5.68. The van der Waals surface area contributed by atoms with Crippen molar-refractivity contribution in [3.05, 3.63) is 22.7 Å². The van der Waals surface area contributed by atoms with Crippen LogP contribution in [-0.4, -0.2) is 15.0 Å². The van der Waals surface area contributed by atoms with E-state index in [2.05, 4.69) is 27.6 Å². The zero-order valence-corrected chi connectivity index (χ0v) is 14.7. The van der Waals surface area contributed by atoms with Gasteiger partial charge in [0.2, 0.25) is 10.0 Å². The summed E-state index contributed by atoms with van der Waals surface area (Å²) in [6.45, 7) is 2.77. The molecule has 2 rings (SSSR count). The van der Waals surface area contributed by atoms with Crippen LogP contribution in [0.5, 0.6) is 0 Å². The highest BCUT2D eigenvalue weighted by Crippen LogP contribution is 2.30. The van der Waals surface area contributed by atoms with Crippen molar-refractivity contribution in [3.63, 3.8) is 0 Å². The van der Waals surface area contributed by atoms with Crippen LogP contribution in [0.3, 0.4) is 0 Å². The van der Waals surface area contributed by atoms with Gasteiger partial charge in [-0.1, -0.05) is 26.2 Å². The first kappa shape index (κ1) is 16.8. The molecular formula is C15H23BrN2O2S. The minimum absolute atomic E-state index is 0.222. The van der Waals surface area contributed by atoms with Gasteiger partial charge in [0, 0.05) is 16.7 Å². The standard InChI is InChI=1S/C15H23BrN2O2S/c1-11-3-2-4-12(9-11)7-8-18-21(19,20)13-5-6-14(16)15(17)10-13/h5-6,10-12,18H,2-4,7-9,17H2,1H3. The summed E-state index contributed by atoms with van der Waals surface area (Å²) >= 11 is 3.27. The van der Waals surface area contributed by atoms with Gasteiger partial charge in [0.1, 0.15) is 0 Å². The third-order valence-corrected chi connectivity index (χ3v) is 6.35. The van der Waals surface area contributed by atoms with Crippen molar-refractivity contribution < 1.29 is 8.42 Å². The van der Waals surface area contributed by atoms with Crippen molar-refractivity contribution >= 4 is 31.6 Å². The Balaban J connectivity index is 1.90. The van der Waals surface area contributed by atoms with Gasteiger partial charge in [0.15, 0.2) is 0 Å². The monoisotopic (exact) mass is 374 g/mol. The van der Waals surface area contributed by atoms with Gasteiger partial charge in [-0.05, 0) is 58.8 Å². The zero-order chi connectivity index (χ0) is 15.5. The molecule has 0 spiro atoms. The average Bonchev–Trinajstić information content (AvgIpc) is 2.41. The molecule has 4 nitrogen and oxygen atoms in total. The van der Waals surface area contributed by atoms with Crippen LogP contribution in [0.2, 0.25) is 0 Å². The van der Waals surface area contributed by atoms with Crippen LogP contribution < -0.4 is 10.5 Å². The predicted molar refractivity (Wildman–Crippen MR) is 89.5 cm³/mol. The van der Waals surface area contributed by atoms with E-state index >= 15 is 0 Å². The highest BCUT2D eigenvalue weighted by atomic mass is 79.9. The lowest BCUT2D eigenvalue weighted by molar-refractivity contribution is 0.271. The molecule has 0 aliphatic heterocycles. The summed E-state index contributed by atoms with van der Waals surface area (Å²) in [7, 11) is -3.46. The Bertz CT molecular complexity index is 589. The summed E-state index contributed by atoms with van der Waals surface area (Å²) in [4.78, 5) is 0.222. The molecule has 1 aliphatic carbocycles. The van der Waals surface area contributed by atoms with Gasteiger partial charge in [-0.3, -0.25) is 0 Å². The normalized spacial score (nSPS) is 23.1. The van der Waals surface area contributed by atoms with E-state index in [0.717, 1.165) is 12.3 Å². The molecule has 1 aromatic rings. The number of nitrogen functional groups attached to an aromatic ring is 1. The highest BCUT2D eigenvalue weighted by molar-refractivity contribution is 9.10. The van der Waals surface area contributed by atoms with E-state index in [1.165, 1.54) is 31.7 Å². The molecule has 0 saturated heterocycles. The number of hydrogen-bond acceptors (Lipinski definition) is 3. The molecule has 0 heterocycles. The molecule has 2 unspecified atom stereocenters. The maximum atomic E-state index is 12.2. The smallest absolute Gasteiger partial charge is 0.240 e. The van der Waals surface area contributed by atoms with E-state index in [1.54, 1.807) is 12.1 Å². The molecule has 1 saturated carbocycles. The number of rotatable bonds is 5. The number of halogens is 1. The Hall–Kier alpha value is -0.590. The van der Waals surface area contributed by atoms with Gasteiger partial charge in [-0.15, -0.1) is 0 Å². The average molecular weight is 375 g/mol. The first-order valence-corrected chi connectivity index (χ1v) is 9.71. The van der Waals surface area contributed by atoms with Crippen molar-refractivity contribution in [1.82, 2.24) is 4.72 Å². The maximum Gasteiger partial charge on any atom is 0.240 e. The molecule has 2 atom stereocenters. The van der Waals surface area contributed by atoms with E-state index in [-0.39, 0.29) is 4.90 Å². The number of sulfonamides is 1. The molecular weight excluding hydrogens is 352 g/mol. The summed E-state index contributed by atoms with van der Waals surface area (Å²) in [5, 5.41) is 0. The van der Waals surface area contributed by atoms with E-state index in [4.69, 9.17) is 5.73 Å². The van der Waals surface area contributed by atoms with Crippen LogP contribution in [0.1, 0.15) is 39.0 Å². The molecule has 1 fully saturated rings.